The van der Waals surface area contributed by atoms with Crippen LogP contribution in [0.15, 0.2) is 36.5 Å². The summed E-state index contributed by atoms with van der Waals surface area (Å²) in [6.07, 6.45) is 29.9. The molecule has 0 aliphatic rings. The smallest absolute Gasteiger partial charge is 0.462 e. The van der Waals surface area contributed by atoms with E-state index in [2.05, 4.69) is 43.4 Å². The minimum absolute atomic E-state index is 0.0278. The number of hydrogen-bond acceptors (Lipinski definition) is 7. The van der Waals surface area contributed by atoms with Gasteiger partial charge in [0, 0.05) is 12.8 Å². The van der Waals surface area contributed by atoms with E-state index in [1.807, 2.05) is 28.1 Å². The number of likely N-dealkylation sites (N-methyl/N-ethyl adjacent to an activating group) is 1. The molecule has 0 rings (SSSR count). The van der Waals surface area contributed by atoms with Crippen LogP contribution < -0.4 is 0 Å². The Balaban J connectivity index is 4.25. The lowest BCUT2D eigenvalue weighted by atomic mass is 10.1. The van der Waals surface area contributed by atoms with Gasteiger partial charge in [0.2, 0.25) is 0 Å². The molecule has 0 heterocycles. The molecular weight excluding hydrogens is 605 g/mol. The fraction of sp³-hybridized carbons (Fsp3) is 0.778. The third-order valence-corrected chi connectivity index (χ3v) is 8.16. The number of quaternary nitrogens is 1. The largest absolute Gasteiger partial charge is 0.472 e. The Kier molecular flexibility index (Phi) is 28.2. The summed E-state index contributed by atoms with van der Waals surface area (Å²) in [6, 6.07) is 0. The number of carbonyl (C=O) groups excluding carboxylic acids is 2. The summed E-state index contributed by atoms with van der Waals surface area (Å²) in [5, 5.41) is 0. The molecule has 1 N–H and O–H groups in total. The Morgan fingerprint density at radius 3 is 1.78 bits per heavy atom. The summed E-state index contributed by atoms with van der Waals surface area (Å²) in [7, 11) is 1.46. The molecule has 46 heavy (non-hydrogen) atoms. The molecule has 0 bridgehead atoms. The van der Waals surface area contributed by atoms with Gasteiger partial charge < -0.3 is 18.9 Å². The highest BCUT2D eigenvalue weighted by Crippen LogP contribution is 2.43. The summed E-state index contributed by atoms with van der Waals surface area (Å²) in [5.74, 6) is -0.846. The number of esters is 2. The van der Waals surface area contributed by atoms with E-state index in [-0.39, 0.29) is 26.1 Å². The van der Waals surface area contributed by atoms with Gasteiger partial charge in [-0.15, -0.1) is 0 Å². The molecule has 0 fully saturated rings. The first-order valence-corrected chi connectivity index (χ1v) is 19.2. The van der Waals surface area contributed by atoms with E-state index < -0.39 is 32.5 Å². The van der Waals surface area contributed by atoms with Gasteiger partial charge in [0.1, 0.15) is 19.8 Å². The van der Waals surface area contributed by atoms with Crippen molar-refractivity contribution in [3.63, 3.8) is 0 Å². The first-order valence-electron chi connectivity index (χ1n) is 17.7. The lowest BCUT2D eigenvalue weighted by Gasteiger charge is -2.24. The molecule has 0 aliphatic carbocycles. The fourth-order valence-electron chi connectivity index (χ4n) is 4.31. The van der Waals surface area contributed by atoms with E-state index >= 15 is 0 Å². The summed E-state index contributed by atoms with van der Waals surface area (Å²) >= 11 is 0. The lowest BCUT2D eigenvalue weighted by molar-refractivity contribution is -0.870. The molecule has 0 amide bonds. The molecule has 2 atom stereocenters. The Labute approximate surface area is 281 Å². The highest BCUT2D eigenvalue weighted by atomic mass is 31.2. The maximum absolute atomic E-state index is 12.5. The van der Waals surface area contributed by atoms with Crippen LogP contribution >= 0.6 is 7.82 Å². The molecule has 0 aromatic carbocycles. The molecule has 0 saturated heterocycles. The van der Waals surface area contributed by atoms with Gasteiger partial charge >= 0.3 is 19.8 Å². The van der Waals surface area contributed by atoms with E-state index in [4.69, 9.17) is 18.5 Å². The number of unbranched alkanes of at least 4 members (excludes halogenated alkanes) is 11. The minimum atomic E-state index is -4.35. The predicted molar refractivity (Wildman–Crippen MR) is 187 cm³/mol. The van der Waals surface area contributed by atoms with E-state index in [0.717, 1.165) is 64.2 Å². The van der Waals surface area contributed by atoms with E-state index in [9.17, 15) is 19.0 Å². The molecule has 2 unspecified atom stereocenters. The predicted octanol–water partition coefficient (Wildman–Crippen LogP) is 9.01. The topological polar surface area (TPSA) is 108 Å². The normalized spacial score (nSPS) is 14.3. The summed E-state index contributed by atoms with van der Waals surface area (Å²) in [6.45, 7) is 4.16. The molecule has 0 spiro atoms. The first-order chi connectivity index (χ1) is 22.0. The van der Waals surface area contributed by atoms with E-state index in [1.54, 1.807) is 0 Å². The number of nitrogens with zero attached hydrogens (tertiary/aromatic N) is 1. The van der Waals surface area contributed by atoms with Crippen molar-refractivity contribution in [2.45, 2.75) is 136 Å². The Bertz CT molecular complexity index is 897. The number of phosphoric ester groups is 1. The fourth-order valence-corrected chi connectivity index (χ4v) is 5.05. The SMILES string of the molecule is CCCCC/C=C\C/C=C\C/C=C\CCCCCCCCC(=O)OC(COC(=O)CCCCC)COP(=O)(O)OCC[N+](C)(C)C. The number of allylic oxidation sites excluding steroid dienone is 6. The zero-order valence-electron chi connectivity index (χ0n) is 29.8. The van der Waals surface area contributed by atoms with Crippen molar-refractivity contribution in [3.05, 3.63) is 36.5 Å². The van der Waals surface area contributed by atoms with Gasteiger partial charge in [-0.25, -0.2) is 4.57 Å². The number of rotatable bonds is 31. The highest BCUT2D eigenvalue weighted by molar-refractivity contribution is 7.47. The number of phosphoric acid groups is 1. The van der Waals surface area contributed by atoms with Crippen LogP contribution in [-0.2, 0) is 32.7 Å². The van der Waals surface area contributed by atoms with Gasteiger partial charge in [-0.1, -0.05) is 102 Å². The second-order valence-electron chi connectivity index (χ2n) is 12.9. The van der Waals surface area contributed by atoms with Gasteiger partial charge in [-0.3, -0.25) is 18.6 Å². The number of carbonyl (C=O) groups is 2. The Morgan fingerprint density at radius 2 is 1.17 bits per heavy atom. The number of ether oxygens (including phenoxy) is 2. The van der Waals surface area contributed by atoms with Crippen molar-refractivity contribution in [3.8, 4) is 0 Å². The van der Waals surface area contributed by atoms with Crippen molar-refractivity contribution in [1.29, 1.82) is 0 Å². The third kappa shape index (κ3) is 32.2. The van der Waals surface area contributed by atoms with Crippen LogP contribution in [0, 0.1) is 0 Å². The number of hydrogen-bond donors (Lipinski definition) is 1. The summed E-state index contributed by atoms with van der Waals surface area (Å²) in [4.78, 5) is 34.6. The molecular formula is C36H67NO8P+. The van der Waals surface area contributed by atoms with Crippen molar-refractivity contribution < 1.29 is 42.1 Å². The van der Waals surface area contributed by atoms with Crippen LogP contribution in [0.4, 0.5) is 0 Å². The molecule has 0 saturated carbocycles. The van der Waals surface area contributed by atoms with Crippen LogP contribution in [0.2, 0.25) is 0 Å². The first kappa shape index (κ1) is 44.2. The molecule has 268 valence electrons. The van der Waals surface area contributed by atoms with E-state index in [0.29, 0.717) is 23.9 Å². The maximum atomic E-state index is 12.5. The van der Waals surface area contributed by atoms with Gasteiger partial charge in [0.05, 0.1) is 27.7 Å². The second-order valence-corrected chi connectivity index (χ2v) is 14.4. The zero-order valence-corrected chi connectivity index (χ0v) is 30.7. The molecule has 10 heteroatoms. The quantitative estimate of drug-likeness (QED) is 0.0256. The monoisotopic (exact) mass is 672 g/mol. The van der Waals surface area contributed by atoms with Crippen molar-refractivity contribution in [1.82, 2.24) is 0 Å². The highest BCUT2D eigenvalue weighted by Gasteiger charge is 2.27. The minimum Gasteiger partial charge on any atom is -0.462 e. The van der Waals surface area contributed by atoms with Crippen molar-refractivity contribution in [2.75, 3.05) is 47.5 Å². The third-order valence-electron chi connectivity index (χ3n) is 7.17. The van der Waals surface area contributed by atoms with Crippen LogP contribution in [0.1, 0.15) is 129 Å². The second kappa shape index (κ2) is 29.4. The van der Waals surface area contributed by atoms with Crippen LogP contribution in [0.3, 0.4) is 0 Å². The molecule has 0 aliphatic heterocycles. The van der Waals surface area contributed by atoms with Gasteiger partial charge in [0.25, 0.3) is 0 Å². The Morgan fingerprint density at radius 1 is 0.674 bits per heavy atom. The summed E-state index contributed by atoms with van der Waals surface area (Å²) in [5.41, 5.74) is 0. The van der Waals surface area contributed by atoms with Crippen molar-refractivity contribution >= 4 is 19.8 Å². The van der Waals surface area contributed by atoms with Crippen LogP contribution in [0.25, 0.3) is 0 Å². The Hall–Kier alpha value is -1.77. The lowest BCUT2D eigenvalue weighted by Crippen LogP contribution is -2.37. The van der Waals surface area contributed by atoms with E-state index in [1.165, 1.54) is 25.7 Å². The standard InChI is InChI=1S/C36H66NO8P/c1-6-8-10-11-12-13-14-15-16-17-18-19-20-21-22-23-24-25-27-29-36(39)45-34(32-42-35(38)28-26-9-7-2)33-44-46(40,41)43-31-30-37(3,4)5/h12-13,15-16,18-19,34H,6-11,14,17,20-33H2,1-5H3/p+1/b13-12-,16-15-,19-18-. The zero-order chi connectivity index (χ0) is 34.4. The van der Waals surface area contributed by atoms with Gasteiger partial charge in [-0.2, -0.15) is 0 Å². The summed E-state index contributed by atoms with van der Waals surface area (Å²) < 4.78 is 33.7. The van der Waals surface area contributed by atoms with Gasteiger partial charge in [-0.05, 0) is 51.4 Å². The average Bonchev–Trinajstić information content (AvgIpc) is 2.99. The molecule has 0 radical (unpaired) electrons. The average molecular weight is 673 g/mol. The maximum Gasteiger partial charge on any atom is 0.472 e. The molecule has 9 nitrogen and oxygen atoms in total. The van der Waals surface area contributed by atoms with Crippen molar-refractivity contribution in [2.24, 2.45) is 0 Å². The van der Waals surface area contributed by atoms with Crippen LogP contribution in [-0.4, -0.2) is 74.9 Å². The van der Waals surface area contributed by atoms with Crippen LogP contribution in [0.5, 0.6) is 0 Å². The van der Waals surface area contributed by atoms with Gasteiger partial charge in [0.15, 0.2) is 6.10 Å². The molecule has 0 aromatic rings. The molecule has 0 aromatic heterocycles.